The van der Waals surface area contributed by atoms with Crippen LogP contribution in [0.1, 0.15) is 16.1 Å². The van der Waals surface area contributed by atoms with Crippen molar-refractivity contribution in [3.63, 3.8) is 0 Å². The first kappa shape index (κ1) is 11.9. The molecule has 0 spiro atoms. The molecule has 0 atom stereocenters. The lowest BCUT2D eigenvalue weighted by atomic mass is 10.3. The highest BCUT2D eigenvalue weighted by Crippen LogP contribution is 2.27. The summed E-state index contributed by atoms with van der Waals surface area (Å²) in [7, 11) is 1.74. The third-order valence-electron chi connectivity index (χ3n) is 2.34. The summed E-state index contributed by atoms with van der Waals surface area (Å²) in [6, 6.07) is 7.42. The summed E-state index contributed by atoms with van der Waals surface area (Å²) < 4.78 is 8.15. The van der Waals surface area contributed by atoms with Crippen molar-refractivity contribution in [2.24, 2.45) is 7.05 Å². The van der Waals surface area contributed by atoms with Crippen molar-refractivity contribution in [1.82, 2.24) is 9.78 Å². The molecule has 0 unspecified atom stereocenters. The predicted octanol–water partition coefficient (Wildman–Crippen LogP) is 3.10. The van der Waals surface area contributed by atoms with Crippen molar-refractivity contribution in [3.8, 4) is 11.6 Å². The van der Waals surface area contributed by atoms with E-state index in [1.165, 1.54) is 0 Å². The lowest BCUT2D eigenvalue weighted by molar-refractivity contribution is 0.112. The number of aldehydes is 1. The lowest BCUT2D eigenvalue weighted by Crippen LogP contribution is -1.96. The Labute approximate surface area is 107 Å². The summed E-state index contributed by atoms with van der Waals surface area (Å²) >= 11 is 3.36. The van der Waals surface area contributed by atoms with Gasteiger partial charge in [-0.3, -0.25) is 4.79 Å². The minimum atomic E-state index is 0.454. The molecule has 88 valence electrons. The molecule has 0 fully saturated rings. The maximum absolute atomic E-state index is 11.0. The molecular weight excluding hydrogens is 284 g/mol. The SMILES string of the molecule is Cc1nn(C)c(Oc2cccc(Br)c2)c1C=O. The van der Waals surface area contributed by atoms with Crippen LogP contribution >= 0.6 is 15.9 Å². The number of hydrogen-bond donors (Lipinski definition) is 0. The first-order valence-corrected chi connectivity index (χ1v) is 5.83. The van der Waals surface area contributed by atoms with Crippen LogP contribution in [0.5, 0.6) is 11.6 Å². The van der Waals surface area contributed by atoms with Gasteiger partial charge in [0.15, 0.2) is 6.29 Å². The molecule has 0 saturated heterocycles. The van der Waals surface area contributed by atoms with E-state index >= 15 is 0 Å². The summed E-state index contributed by atoms with van der Waals surface area (Å²) in [5.41, 5.74) is 1.14. The zero-order valence-electron chi connectivity index (χ0n) is 9.48. The van der Waals surface area contributed by atoms with Gasteiger partial charge in [-0.25, -0.2) is 4.68 Å². The van der Waals surface area contributed by atoms with Crippen LogP contribution < -0.4 is 4.74 Å². The molecule has 2 rings (SSSR count). The summed E-state index contributed by atoms with van der Waals surface area (Å²) in [5.74, 6) is 1.11. The van der Waals surface area contributed by atoms with Crippen molar-refractivity contribution in [2.75, 3.05) is 0 Å². The molecule has 2 aromatic rings. The lowest BCUT2D eigenvalue weighted by Gasteiger charge is -2.06. The van der Waals surface area contributed by atoms with E-state index < -0.39 is 0 Å². The monoisotopic (exact) mass is 294 g/mol. The number of hydrogen-bond acceptors (Lipinski definition) is 3. The highest BCUT2D eigenvalue weighted by atomic mass is 79.9. The molecule has 1 heterocycles. The molecule has 5 heteroatoms. The van der Waals surface area contributed by atoms with E-state index in [2.05, 4.69) is 21.0 Å². The number of nitrogens with zero attached hydrogens (tertiary/aromatic N) is 2. The minimum absolute atomic E-state index is 0.454. The second-order valence-electron chi connectivity index (χ2n) is 3.61. The van der Waals surface area contributed by atoms with Crippen LogP contribution in [0.15, 0.2) is 28.7 Å². The molecule has 0 radical (unpaired) electrons. The number of aryl methyl sites for hydroxylation is 2. The fourth-order valence-electron chi connectivity index (χ4n) is 1.55. The van der Waals surface area contributed by atoms with E-state index in [1.54, 1.807) is 18.7 Å². The Bertz CT molecular complexity index is 564. The average Bonchev–Trinajstić information content (AvgIpc) is 2.53. The van der Waals surface area contributed by atoms with Crippen molar-refractivity contribution >= 4 is 22.2 Å². The van der Waals surface area contributed by atoms with Crippen molar-refractivity contribution < 1.29 is 9.53 Å². The second kappa shape index (κ2) is 4.71. The molecule has 0 aliphatic rings. The Morgan fingerprint density at radius 1 is 1.47 bits per heavy atom. The smallest absolute Gasteiger partial charge is 0.228 e. The number of halogens is 1. The number of aromatic nitrogens is 2. The zero-order valence-corrected chi connectivity index (χ0v) is 11.1. The maximum atomic E-state index is 11.0. The van der Waals surface area contributed by atoms with Gasteiger partial charge in [-0.15, -0.1) is 0 Å². The van der Waals surface area contributed by atoms with Gasteiger partial charge in [0, 0.05) is 11.5 Å². The Morgan fingerprint density at radius 3 is 2.88 bits per heavy atom. The molecule has 0 bridgehead atoms. The number of carbonyl (C=O) groups is 1. The largest absolute Gasteiger partial charge is 0.438 e. The number of ether oxygens (including phenoxy) is 1. The van der Waals surface area contributed by atoms with E-state index in [0.717, 1.165) is 10.8 Å². The van der Waals surface area contributed by atoms with Gasteiger partial charge < -0.3 is 4.74 Å². The van der Waals surface area contributed by atoms with E-state index in [4.69, 9.17) is 4.74 Å². The second-order valence-corrected chi connectivity index (χ2v) is 4.52. The molecule has 0 aliphatic heterocycles. The van der Waals surface area contributed by atoms with Crippen molar-refractivity contribution in [2.45, 2.75) is 6.92 Å². The van der Waals surface area contributed by atoms with Crippen LogP contribution in [0.4, 0.5) is 0 Å². The van der Waals surface area contributed by atoms with Crippen LogP contribution in [0, 0.1) is 6.92 Å². The van der Waals surface area contributed by atoms with Crippen LogP contribution in [0.2, 0.25) is 0 Å². The van der Waals surface area contributed by atoms with Crippen LogP contribution in [-0.4, -0.2) is 16.1 Å². The average molecular weight is 295 g/mol. The predicted molar refractivity (Wildman–Crippen MR) is 67.5 cm³/mol. The van der Waals surface area contributed by atoms with Gasteiger partial charge in [0.2, 0.25) is 5.88 Å². The summed E-state index contributed by atoms with van der Waals surface area (Å²) in [6.07, 6.45) is 0.760. The fourth-order valence-corrected chi connectivity index (χ4v) is 1.93. The van der Waals surface area contributed by atoms with Crippen molar-refractivity contribution in [3.05, 3.63) is 40.0 Å². The van der Waals surface area contributed by atoms with Crippen LogP contribution in [0.3, 0.4) is 0 Å². The standard InChI is InChI=1S/C12H11BrN2O2/c1-8-11(7-16)12(15(2)14-8)17-10-5-3-4-9(13)6-10/h3-7H,1-2H3. The van der Waals surface area contributed by atoms with Gasteiger partial charge in [-0.2, -0.15) is 5.10 Å². The maximum Gasteiger partial charge on any atom is 0.228 e. The van der Waals surface area contributed by atoms with Gasteiger partial charge in [-0.05, 0) is 25.1 Å². The van der Waals surface area contributed by atoms with Gasteiger partial charge >= 0.3 is 0 Å². The van der Waals surface area contributed by atoms with Gasteiger partial charge in [0.05, 0.1) is 11.3 Å². The Balaban J connectivity index is 2.39. The zero-order chi connectivity index (χ0) is 12.4. The van der Waals surface area contributed by atoms with E-state index in [-0.39, 0.29) is 0 Å². The molecule has 4 nitrogen and oxygen atoms in total. The first-order valence-electron chi connectivity index (χ1n) is 5.04. The first-order chi connectivity index (χ1) is 8.11. The number of benzene rings is 1. The third-order valence-corrected chi connectivity index (χ3v) is 2.84. The third kappa shape index (κ3) is 2.39. The van der Waals surface area contributed by atoms with Gasteiger partial charge in [0.1, 0.15) is 5.75 Å². The summed E-state index contributed by atoms with van der Waals surface area (Å²) in [4.78, 5) is 11.0. The topological polar surface area (TPSA) is 44.1 Å². The minimum Gasteiger partial charge on any atom is -0.438 e. The summed E-state index contributed by atoms with van der Waals surface area (Å²) in [5, 5.41) is 4.15. The summed E-state index contributed by atoms with van der Waals surface area (Å²) in [6.45, 7) is 1.78. The van der Waals surface area contributed by atoms with Crippen LogP contribution in [0.25, 0.3) is 0 Å². The molecule has 17 heavy (non-hydrogen) atoms. The molecule has 0 amide bonds. The molecule has 0 N–H and O–H groups in total. The Kier molecular flexibility index (Phi) is 3.28. The van der Waals surface area contributed by atoms with Gasteiger partial charge in [-0.1, -0.05) is 22.0 Å². The highest BCUT2D eigenvalue weighted by molar-refractivity contribution is 9.10. The molecule has 0 saturated carbocycles. The Morgan fingerprint density at radius 2 is 2.24 bits per heavy atom. The Hall–Kier alpha value is -1.62. The number of carbonyl (C=O) groups excluding carboxylic acids is 1. The van der Waals surface area contributed by atoms with Crippen LogP contribution in [-0.2, 0) is 7.05 Å². The molecule has 1 aromatic heterocycles. The fraction of sp³-hybridized carbons (Fsp3) is 0.167. The number of rotatable bonds is 3. The van der Waals surface area contributed by atoms with E-state index in [1.807, 2.05) is 24.3 Å². The molecule has 1 aromatic carbocycles. The molecule has 0 aliphatic carbocycles. The normalized spacial score (nSPS) is 10.3. The molecular formula is C12H11BrN2O2. The van der Waals surface area contributed by atoms with Crippen molar-refractivity contribution in [1.29, 1.82) is 0 Å². The highest BCUT2D eigenvalue weighted by Gasteiger charge is 2.14. The quantitative estimate of drug-likeness (QED) is 0.817. The van der Waals surface area contributed by atoms with E-state index in [0.29, 0.717) is 22.9 Å². The van der Waals surface area contributed by atoms with Gasteiger partial charge in [0.25, 0.3) is 0 Å². The van der Waals surface area contributed by atoms with E-state index in [9.17, 15) is 4.79 Å².